The van der Waals surface area contributed by atoms with Gasteiger partial charge in [-0.1, -0.05) is 42.5 Å². The Morgan fingerprint density at radius 2 is 1.72 bits per heavy atom. The third-order valence-electron chi connectivity index (χ3n) is 4.60. The third-order valence-corrected chi connectivity index (χ3v) is 5.34. The van der Waals surface area contributed by atoms with Gasteiger partial charge in [0.2, 0.25) is 5.91 Å². The lowest BCUT2D eigenvalue weighted by Crippen LogP contribution is -2.29. The number of fused-ring (bicyclic) bond motifs is 1. The minimum absolute atomic E-state index is 0.151. The van der Waals surface area contributed by atoms with Crippen LogP contribution in [0.4, 0.5) is 5.69 Å². The first-order chi connectivity index (χ1) is 14.1. The second kappa shape index (κ2) is 8.32. The number of amides is 1. The van der Waals surface area contributed by atoms with E-state index in [4.69, 9.17) is 0 Å². The molecular formula is C23H19N3O2S. The summed E-state index contributed by atoms with van der Waals surface area (Å²) in [6, 6.07) is 24.7. The zero-order valence-corrected chi connectivity index (χ0v) is 16.6. The van der Waals surface area contributed by atoms with E-state index in [9.17, 15) is 9.59 Å². The van der Waals surface area contributed by atoms with Crippen molar-refractivity contribution in [3.63, 3.8) is 0 Å². The lowest BCUT2D eigenvalue weighted by atomic mass is 10.0. The second-order valence-electron chi connectivity index (χ2n) is 6.52. The van der Waals surface area contributed by atoms with Gasteiger partial charge in [-0.2, -0.15) is 5.10 Å². The Morgan fingerprint density at radius 3 is 2.52 bits per heavy atom. The molecular weight excluding hydrogens is 382 g/mol. The zero-order valence-electron chi connectivity index (χ0n) is 15.8. The van der Waals surface area contributed by atoms with Crippen molar-refractivity contribution in [2.75, 3.05) is 11.6 Å². The monoisotopic (exact) mass is 401 g/mol. The number of anilines is 1. The molecule has 144 valence electrons. The molecule has 1 aromatic heterocycles. The summed E-state index contributed by atoms with van der Waals surface area (Å²) in [6.07, 6.45) is 1.99. The average molecular weight is 401 g/mol. The number of rotatable bonds is 5. The van der Waals surface area contributed by atoms with E-state index in [1.807, 2.05) is 73.0 Å². The molecule has 3 aromatic carbocycles. The van der Waals surface area contributed by atoms with Crippen molar-refractivity contribution in [1.82, 2.24) is 9.78 Å². The quantitative estimate of drug-likeness (QED) is 0.503. The van der Waals surface area contributed by atoms with Crippen LogP contribution in [-0.2, 0) is 11.3 Å². The van der Waals surface area contributed by atoms with Gasteiger partial charge in [-0.3, -0.25) is 9.59 Å². The third kappa shape index (κ3) is 4.22. The molecule has 0 radical (unpaired) electrons. The Balaban J connectivity index is 1.60. The minimum Gasteiger partial charge on any atom is -0.324 e. The highest BCUT2D eigenvalue weighted by Crippen LogP contribution is 2.26. The topological polar surface area (TPSA) is 64.0 Å². The van der Waals surface area contributed by atoms with Crippen molar-refractivity contribution in [1.29, 1.82) is 0 Å². The maximum atomic E-state index is 12.4. The number of hydrogen-bond donors (Lipinski definition) is 1. The van der Waals surface area contributed by atoms with Crippen LogP contribution in [0.5, 0.6) is 0 Å². The minimum atomic E-state index is -0.318. The van der Waals surface area contributed by atoms with Crippen LogP contribution in [0.25, 0.3) is 22.0 Å². The van der Waals surface area contributed by atoms with Crippen LogP contribution in [0.3, 0.4) is 0 Å². The predicted molar refractivity (Wildman–Crippen MR) is 118 cm³/mol. The van der Waals surface area contributed by atoms with Crippen LogP contribution in [0.2, 0.25) is 0 Å². The number of nitrogens with zero attached hydrogens (tertiary/aromatic N) is 2. The molecule has 0 spiro atoms. The first-order valence-corrected chi connectivity index (χ1v) is 10.4. The van der Waals surface area contributed by atoms with Crippen molar-refractivity contribution in [2.24, 2.45) is 0 Å². The van der Waals surface area contributed by atoms with E-state index in [2.05, 4.69) is 10.4 Å². The SMILES string of the molecule is CSc1ccc(NC(=O)Cn2nc(-c3cccc4ccccc34)ccc2=O)cc1. The van der Waals surface area contributed by atoms with Crippen LogP contribution in [0, 0.1) is 0 Å². The van der Waals surface area contributed by atoms with Crippen LogP contribution in [0.1, 0.15) is 0 Å². The summed E-state index contributed by atoms with van der Waals surface area (Å²) in [7, 11) is 0. The van der Waals surface area contributed by atoms with Crippen LogP contribution < -0.4 is 10.9 Å². The number of carbonyl (C=O) groups is 1. The Kier molecular flexibility index (Phi) is 5.44. The summed E-state index contributed by atoms with van der Waals surface area (Å²) in [4.78, 5) is 25.8. The molecule has 0 aliphatic carbocycles. The molecule has 0 aliphatic rings. The van der Waals surface area contributed by atoms with Crippen LogP contribution in [-0.4, -0.2) is 21.9 Å². The summed E-state index contributed by atoms with van der Waals surface area (Å²) in [5, 5.41) is 9.39. The van der Waals surface area contributed by atoms with E-state index < -0.39 is 0 Å². The molecule has 1 amide bonds. The highest BCUT2D eigenvalue weighted by atomic mass is 32.2. The van der Waals surface area contributed by atoms with Gasteiger partial charge < -0.3 is 5.32 Å². The second-order valence-corrected chi connectivity index (χ2v) is 7.40. The summed E-state index contributed by atoms with van der Waals surface area (Å²) < 4.78 is 1.20. The van der Waals surface area contributed by atoms with Crippen molar-refractivity contribution in [3.05, 3.63) is 89.2 Å². The van der Waals surface area contributed by atoms with Crippen molar-refractivity contribution >= 4 is 34.1 Å². The largest absolute Gasteiger partial charge is 0.324 e. The molecule has 1 N–H and O–H groups in total. The van der Waals surface area contributed by atoms with E-state index in [-0.39, 0.29) is 18.0 Å². The normalized spacial score (nSPS) is 10.8. The average Bonchev–Trinajstić information content (AvgIpc) is 2.75. The Bertz CT molecular complexity index is 1230. The molecule has 1 heterocycles. The summed E-state index contributed by atoms with van der Waals surface area (Å²) >= 11 is 1.63. The lowest BCUT2D eigenvalue weighted by molar-refractivity contribution is -0.117. The van der Waals surface area contributed by atoms with E-state index in [0.29, 0.717) is 11.4 Å². The van der Waals surface area contributed by atoms with Crippen molar-refractivity contribution in [2.45, 2.75) is 11.4 Å². The molecule has 29 heavy (non-hydrogen) atoms. The lowest BCUT2D eigenvalue weighted by Gasteiger charge is -2.10. The fraction of sp³-hybridized carbons (Fsp3) is 0.0870. The molecule has 0 unspecified atom stereocenters. The van der Waals surface area contributed by atoms with Crippen molar-refractivity contribution in [3.8, 4) is 11.3 Å². The Morgan fingerprint density at radius 1 is 0.966 bits per heavy atom. The molecule has 4 aromatic rings. The van der Waals surface area contributed by atoms with Gasteiger partial charge in [-0.25, -0.2) is 4.68 Å². The maximum Gasteiger partial charge on any atom is 0.267 e. The zero-order chi connectivity index (χ0) is 20.2. The molecule has 5 nitrogen and oxygen atoms in total. The highest BCUT2D eigenvalue weighted by Gasteiger charge is 2.10. The summed E-state index contributed by atoms with van der Waals surface area (Å²) in [5.74, 6) is -0.299. The van der Waals surface area contributed by atoms with Gasteiger partial charge in [-0.15, -0.1) is 11.8 Å². The maximum absolute atomic E-state index is 12.4. The molecule has 6 heteroatoms. The van der Waals surface area contributed by atoms with Crippen molar-refractivity contribution < 1.29 is 4.79 Å². The van der Waals surface area contributed by atoms with E-state index in [1.165, 1.54) is 10.7 Å². The molecule has 0 atom stereocenters. The smallest absolute Gasteiger partial charge is 0.267 e. The van der Waals surface area contributed by atoms with Gasteiger partial charge in [-0.05, 0) is 47.4 Å². The molecule has 0 bridgehead atoms. The van der Waals surface area contributed by atoms with Gasteiger partial charge in [0, 0.05) is 22.2 Å². The van der Waals surface area contributed by atoms with E-state index in [0.717, 1.165) is 21.2 Å². The fourth-order valence-corrected chi connectivity index (χ4v) is 3.57. The first-order valence-electron chi connectivity index (χ1n) is 9.14. The fourth-order valence-electron chi connectivity index (χ4n) is 3.17. The molecule has 0 saturated heterocycles. The Hall–Kier alpha value is -3.38. The van der Waals surface area contributed by atoms with Gasteiger partial charge in [0.15, 0.2) is 0 Å². The Labute approximate surface area is 172 Å². The molecule has 4 rings (SSSR count). The number of aromatic nitrogens is 2. The highest BCUT2D eigenvalue weighted by molar-refractivity contribution is 7.98. The van der Waals surface area contributed by atoms with Crippen LogP contribution in [0.15, 0.2) is 88.6 Å². The molecule has 0 aliphatic heterocycles. The number of thioether (sulfide) groups is 1. The van der Waals surface area contributed by atoms with E-state index in [1.54, 1.807) is 17.8 Å². The molecule has 0 saturated carbocycles. The van der Waals surface area contributed by atoms with Crippen LogP contribution >= 0.6 is 11.8 Å². The standard InChI is InChI=1S/C23H19N3O2S/c1-29-18-11-9-17(10-12-18)24-22(27)15-26-23(28)14-13-21(25-26)20-8-4-6-16-5-2-3-7-19(16)20/h2-14H,15H2,1H3,(H,24,27). The predicted octanol–water partition coefficient (Wildman–Crippen LogP) is 4.42. The van der Waals surface area contributed by atoms with Gasteiger partial charge in [0.25, 0.3) is 5.56 Å². The summed E-state index contributed by atoms with van der Waals surface area (Å²) in [5.41, 5.74) is 1.94. The summed E-state index contributed by atoms with van der Waals surface area (Å²) in [6.45, 7) is -0.151. The number of benzene rings is 3. The number of nitrogens with one attached hydrogen (secondary N) is 1. The number of carbonyl (C=O) groups excluding carboxylic acids is 1. The van der Waals surface area contributed by atoms with E-state index >= 15 is 0 Å². The van der Waals surface area contributed by atoms with Gasteiger partial charge in [0.1, 0.15) is 6.54 Å². The first kappa shape index (κ1) is 19.0. The van der Waals surface area contributed by atoms with Gasteiger partial charge >= 0.3 is 0 Å². The van der Waals surface area contributed by atoms with Gasteiger partial charge in [0.05, 0.1) is 5.69 Å². The molecule has 0 fully saturated rings. The number of hydrogen-bond acceptors (Lipinski definition) is 4.